The number of nitrogens with zero attached hydrogens (tertiary/aromatic N) is 1. The van der Waals surface area contributed by atoms with Crippen molar-refractivity contribution < 1.29 is 0 Å². The van der Waals surface area contributed by atoms with Crippen molar-refractivity contribution >= 4 is 18.4 Å². The number of aromatic nitrogens is 1. The average molecular weight is 514 g/mol. The molecule has 0 N–H and O–H groups in total. The molecular weight excluding hydrogens is 487 g/mol. The zero-order chi connectivity index (χ0) is 25.8. The van der Waals surface area contributed by atoms with E-state index in [0.717, 1.165) is 17.8 Å². The SMILES string of the molecule is c1ccc(-c2ccc3c(c2)[Si]2(Cc4ccc(-c5ccccn5)cc4C2)c2cc(-c4ccccc4)ccc2-3)cc1. The summed E-state index contributed by atoms with van der Waals surface area (Å²) in [5, 5.41) is 3.19. The summed E-state index contributed by atoms with van der Waals surface area (Å²) in [6.45, 7) is 0. The van der Waals surface area contributed by atoms with Crippen LogP contribution in [0.25, 0.3) is 44.6 Å². The molecule has 0 amide bonds. The number of fused-ring (bicyclic) bond motifs is 6. The molecule has 6 aromatic rings. The van der Waals surface area contributed by atoms with Crippen molar-refractivity contribution in [2.45, 2.75) is 12.1 Å². The van der Waals surface area contributed by atoms with Crippen LogP contribution in [0.2, 0.25) is 0 Å². The van der Waals surface area contributed by atoms with Gasteiger partial charge in [-0.05, 0) is 85.2 Å². The van der Waals surface area contributed by atoms with Crippen LogP contribution in [0.5, 0.6) is 0 Å². The molecule has 8 rings (SSSR count). The molecule has 1 nitrogen and oxygen atoms in total. The fourth-order valence-corrected chi connectivity index (χ4v) is 12.3. The molecule has 0 atom stereocenters. The number of pyridine rings is 1. The molecule has 0 fully saturated rings. The molecule has 0 aliphatic carbocycles. The van der Waals surface area contributed by atoms with Crippen LogP contribution >= 0.6 is 0 Å². The van der Waals surface area contributed by atoms with Crippen LogP contribution in [0.4, 0.5) is 0 Å². The minimum absolute atomic E-state index is 1.05. The highest BCUT2D eigenvalue weighted by molar-refractivity contribution is 7.05. The Morgan fingerprint density at radius 1 is 0.436 bits per heavy atom. The van der Waals surface area contributed by atoms with Crippen molar-refractivity contribution in [1.29, 1.82) is 0 Å². The Morgan fingerprint density at radius 3 is 1.59 bits per heavy atom. The Labute approximate surface area is 230 Å². The maximum Gasteiger partial charge on any atom is 0.128 e. The lowest BCUT2D eigenvalue weighted by atomic mass is 9.98. The van der Waals surface area contributed by atoms with E-state index in [4.69, 9.17) is 0 Å². The van der Waals surface area contributed by atoms with E-state index in [1.165, 1.54) is 50.1 Å². The molecule has 2 heteroatoms. The Bertz CT molecular complexity index is 1750. The Morgan fingerprint density at radius 2 is 1.00 bits per heavy atom. The fourth-order valence-electron chi connectivity index (χ4n) is 6.86. The topological polar surface area (TPSA) is 12.9 Å². The summed E-state index contributed by atoms with van der Waals surface area (Å²) < 4.78 is 0. The maximum atomic E-state index is 4.64. The van der Waals surface area contributed by atoms with Crippen molar-refractivity contribution in [3.63, 3.8) is 0 Å². The molecule has 2 aliphatic heterocycles. The first kappa shape index (κ1) is 22.5. The number of benzene rings is 5. The van der Waals surface area contributed by atoms with Crippen LogP contribution in [0.1, 0.15) is 11.1 Å². The van der Waals surface area contributed by atoms with Gasteiger partial charge in [0.25, 0.3) is 0 Å². The monoisotopic (exact) mass is 513 g/mol. The fraction of sp³-hybridized carbons (Fsp3) is 0.0541. The third-order valence-electron chi connectivity index (χ3n) is 8.73. The van der Waals surface area contributed by atoms with Gasteiger partial charge >= 0.3 is 0 Å². The van der Waals surface area contributed by atoms with Crippen molar-refractivity contribution in [2.75, 3.05) is 0 Å². The van der Waals surface area contributed by atoms with Gasteiger partial charge in [-0.2, -0.15) is 0 Å². The highest BCUT2D eigenvalue weighted by Crippen LogP contribution is 2.40. The number of hydrogen-bond donors (Lipinski definition) is 0. The van der Waals surface area contributed by atoms with Crippen molar-refractivity contribution in [3.8, 4) is 44.6 Å². The molecule has 0 saturated carbocycles. The maximum absolute atomic E-state index is 4.64. The summed E-state index contributed by atoms with van der Waals surface area (Å²) in [5.74, 6) is 0. The van der Waals surface area contributed by atoms with Crippen LogP contribution < -0.4 is 10.4 Å². The van der Waals surface area contributed by atoms with Gasteiger partial charge in [0.1, 0.15) is 8.07 Å². The van der Waals surface area contributed by atoms with Gasteiger partial charge in [0.05, 0.1) is 5.69 Å². The molecule has 3 heterocycles. The van der Waals surface area contributed by atoms with Gasteiger partial charge in [0.2, 0.25) is 0 Å². The molecule has 1 aromatic heterocycles. The van der Waals surface area contributed by atoms with Gasteiger partial charge in [-0.25, -0.2) is 0 Å². The first-order valence-electron chi connectivity index (χ1n) is 13.7. The normalized spacial score (nSPS) is 14.2. The third-order valence-corrected chi connectivity index (χ3v) is 13.6. The summed E-state index contributed by atoms with van der Waals surface area (Å²) in [6, 6.07) is 51.7. The van der Waals surface area contributed by atoms with Crippen LogP contribution in [0.15, 0.2) is 140 Å². The minimum Gasteiger partial charge on any atom is -0.256 e. The predicted octanol–water partition coefficient (Wildman–Crippen LogP) is 7.50. The summed E-state index contributed by atoms with van der Waals surface area (Å²) in [7, 11) is -2.09. The zero-order valence-corrected chi connectivity index (χ0v) is 22.6. The molecule has 2 aliphatic rings. The van der Waals surface area contributed by atoms with E-state index < -0.39 is 8.07 Å². The summed E-state index contributed by atoms with van der Waals surface area (Å²) >= 11 is 0. The summed E-state index contributed by atoms with van der Waals surface area (Å²) in [5.41, 5.74) is 13.4. The summed E-state index contributed by atoms with van der Waals surface area (Å²) in [4.78, 5) is 4.64. The number of rotatable bonds is 3. The average Bonchev–Trinajstić information content (AvgIpc) is 3.53. The summed E-state index contributed by atoms with van der Waals surface area (Å²) in [6.07, 6.45) is 1.89. The van der Waals surface area contributed by atoms with E-state index in [1.807, 2.05) is 12.3 Å². The largest absolute Gasteiger partial charge is 0.256 e. The van der Waals surface area contributed by atoms with E-state index in [1.54, 1.807) is 10.4 Å². The highest BCUT2D eigenvalue weighted by atomic mass is 28.3. The van der Waals surface area contributed by atoms with E-state index in [9.17, 15) is 0 Å². The lowest BCUT2D eigenvalue weighted by molar-refractivity contribution is 1.30. The van der Waals surface area contributed by atoms with Crippen LogP contribution in [0, 0.1) is 0 Å². The van der Waals surface area contributed by atoms with Crippen LogP contribution in [-0.4, -0.2) is 13.1 Å². The second-order valence-electron chi connectivity index (χ2n) is 10.9. The third kappa shape index (κ3) is 3.56. The van der Waals surface area contributed by atoms with E-state index in [2.05, 4.69) is 132 Å². The molecule has 0 saturated heterocycles. The van der Waals surface area contributed by atoms with Crippen molar-refractivity contribution in [1.82, 2.24) is 4.98 Å². The molecule has 39 heavy (non-hydrogen) atoms. The standard InChI is InChI=1S/C37H27NSi/c1-3-9-26(10-4-1)28-16-18-33-34-19-17-29(27-11-5-2-6-12-27)23-37(34)39(36(33)22-28)24-31-15-14-30(21-32(31)25-39)35-13-7-8-20-38-35/h1-23H,24-25H2. The molecular formula is C37H27NSi. The van der Waals surface area contributed by atoms with Gasteiger partial charge < -0.3 is 0 Å². The lowest BCUT2D eigenvalue weighted by Crippen LogP contribution is -2.57. The first-order chi connectivity index (χ1) is 19.3. The van der Waals surface area contributed by atoms with Crippen LogP contribution in [0.3, 0.4) is 0 Å². The van der Waals surface area contributed by atoms with E-state index >= 15 is 0 Å². The van der Waals surface area contributed by atoms with Crippen molar-refractivity contribution in [2.24, 2.45) is 0 Å². The van der Waals surface area contributed by atoms with Crippen molar-refractivity contribution in [3.05, 3.63) is 151 Å². The molecule has 0 radical (unpaired) electrons. The van der Waals surface area contributed by atoms with Gasteiger partial charge in [0.15, 0.2) is 0 Å². The number of hydrogen-bond acceptors (Lipinski definition) is 1. The Balaban J connectivity index is 1.32. The molecule has 184 valence electrons. The highest BCUT2D eigenvalue weighted by Gasteiger charge is 2.49. The minimum atomic E-state index is -2.09. The van der Waals surface area contributed by atoms with E-state index in [-0.39, 0.29) is 0 Å². The molecule has 1 spiro atoms. The molecule has 0 bridgehead atoms. The zero-order valence-electron chi connectivity index (χ0n) is 21.6. The van der Waals surface area contributed by atoms with Gasteiger partial charge in [-0.1, -0.05) is 115 Å². The second kappa shape index (κ2) is 8.76. The Hall–Kier alpha value is -4.53. The van der Waals surface area contributed by atoms with Gasteiger partial charge in [-0.15, -0.1) is 0 Å². The van der Waals surface area contributed by atoms with Gasteiger partial charge in [0, 0.05) is 11.8 Å². The predicted molar refractivity (Wildman–Crippen MR) is 165 cm³/mol. The second-order valence-corrected chi connectivity index (χ2v) is 14.8. The quantitative estimate of drug-likeness (QED) is 0.223. The van der Waals surface area contributed by atoms with E-state index in [0.29, 0.717) is 0 Å². The molecule has 5 aromatic carbocycles. The Kier molecular flexibility index (Phi) is 5.04. The smallest absolute Gasteiger partial charge is 0.128 e. The first-order valence-corrected chi connectivity index (χ1v) is 16.1. The molecule has 0 unspecified atom stereocenters. The van der Waals surface area contributed by atoms with Crippen LogP contribution in [-0.2, 0) is 12.1 Å². The van der Waals surface area contributed by atoms with Gasteiger partial charge in [-0.3, -0.25) is 4.98 Å². The lowest BCUT2D eigenvalue weighted by Gasteiger charge is -2.25.